The largest absolute Gasteiger partial charge is 0.508 e. The number of likely N-dealkylation sites (N-methyl/N-ethyl adjacent to an activating group) is 1. The maximum Gasteiger partial charge on any atom is 0.317 e. The van der Waals surface area contributed by atoms with Crippen molar-refractivity contribution in [2.45, 2.75) is 70.8 Å². The average molecular weight is 560 g/mol. The Morgan fingerprint density at radius 2 is 2.12 bits per heavy atom. The number of nitrogens with zero attached hydrogens (tertiary/aromatic N) is 5. The SMILES string of the molecule is [2H]C([2H])(Oc1nc(C(CC)CCCCC)c2cnn(-c3cc(O)cc4ccc(F)c(C#C)c34)c(=O)c2n1)[C@@H]1CCCN1C. The van der Waals surface area contributed by atoms with Crippen molar-refractivity contribution in [1.29, 1.82) is 0 Å². The van der Waals surface area contributed by atoms with Crippen molar-refractivity contribution in [3.8, 4) is 29.8 Å². The summed E-state index contributed by atoms with van der Waals surface area (Å²) < 4.78 is 39.1. The molecule has 0 bridgehead atoms. The molecule has 8 nitrogen and oxygen atoms in total. The molecule has 0 spiro atoms. The van der Waals surface area contributed by atoms with Crippen LogP contribution in [0.25, 0.3) is 27.4 Å². The summed E-state index contributed by atoms with van der Waals surface area (Å²) >= 11 is 0. The van der Waals surface area contributed by atoms with Crippen LogP contribution in [0, 0.1) is 18.2 Å². The molecule has 1 N–H and O–H groups in total. The lowest BCUT2D eigenvalue weighted by molar-refractivity contribution is 0.187. The number of benzene rings is 2. The number of terminal acetylenes is 1. The summed E-state index contributed by atoms with van der Waals surface area (Å²) in [6.45, 7) is 2.82. The second-order valence-corrected chi connectivity index (χ2v) is 10.6. The van der Waals surface area contributed by atoms with E-state index in [-0.39, 0.29) is 39.8 Å². The van der Waals surface area contributed by atoms with Gasteiger partial charge in [0.25, 0.3) is 5.56 Å². The third-order valence-electron chi connectivity index (χ3n) is 7.90. The summed E-state index contributed by atoms with van der Waals surface area (Å²) in [6.07, 6.45) is 13.2. The van der Waals surface area contributed by atoms with Gasteiger partial charge in [-0.3, -0.25) is 4.79 Å². The molecular formula is C32H36FN5O3. The standard InChI is InChI=1S/C32H36FN5O3/c1-5-8-9-11-20(6-2)29-25-18-34-38(27-17-23(39)16-21-13-14-26(33)24(7-3)28(21)27)31(40)30(25)36-32(35-29)41-19-22-12-10-15-37(22)4/h3,13-14,16-18,20,22,39H,5-6,8-12,15,19H2,1-2,4H3/t20?,22-/m0/s1/i19D2. The summed E-state index contributed by atoms with van der Waals surface area (Å²) in [5, 5.41) is 16.0. The van der Waals surface area contributed by atoms with Crippen molar-refractivity contribution < 1.29 is 17.0 Å². The van der Waals surface area contributed by atoms with E-state index < -0.39 is 24.0 Å². The van der Waals surface area contributed by atoms with Gasteiger partial charge in [0.05, 0.1) is 25.9 Å². The number of hydrogen-bond acceptors (Lipinski definition) is 7. The minimum absolute atomic E-state index is 0.0188. The van der Waals surface area contributed by atoms with Gasteiger partial charge in [-0.25, -0.2) is 4.39 Å². The van der Waals surface area contributed by atoms with Gasteiger partial charge in [-0.2, -0.15) is 19.7 Å². The Hall–Kier alpha value is -4.03. The number of aromatic hydroxyl groups is 1. The number of ether oxygens (including phenoxy) is 1. The molecule has 0 amide bonds. The average Bonchev–Trinajstić information content (AvgIpc) is 3.42. The Labute approximate surface area is 242 Å². The molecule has 41 heavy (non-hydrogen) atoms. The normalized spacial score (nSPS) is 17.4. The number of rotatable bonds is 10. The lowest BCUT2D eigenvalue weighted by Crippen LogP contribution is -2.31. The molecule has 3 heterocycles. The Kier molecular flexibility index (Phi) is 7.73. The van der Waals surface area contributed by atoms with Crippen molar-refractivity contribution in [3.63, 3.8) is 0 Å². The Morgan fingerprint density at radius 1 is 1.29 bits per heavy atom. The van der Waals surface area contributed by atoms with Gasteiger partial charge in [0.2, 0.25) is 0 Å². The zero-order valence-corrected chi connectivity index (χ0v) is 23.7. The van der Waals surface area contributed by atoms with Gasteiger partial charge < -0.3 is 14.7 Å². The molecule has 1 fully saturated rings. The summed E-state index contributed by atoms with van der Waals surface area (Å²) in [5.41, 5.74) is -0.0803. The molecule has 2 atom stereocenters. The van der Waals surface area contributed by atoms with Crippen LogP contribution in [0.2, 0.25) is 0 Å². The summed E-state index contributed by atoms with van der Waals surface area (Å²) in [6, 6.07) is 4.69. The lowest BCUT2D eigenvalue weighted by atomic mass is 9.93. The lowest BCUT2D eigenvalue weighted by Gasteiger charge is -2.21. The van der Waals surface area contributed by atoms with Gasteiger partial charge in [-0.1, -0.05) is 45.1 Å². The molecule has 1 aliphatic heterocycles. The topological polar surface area (TPSA) is 93.4 Å². The minimum atomic E-state index is -2.10. The number of likely N-dealkylation sites (tertiary alicyclic amines) is 1. The van der Waals surface area contributed by atoms with Crippen LogP contribution in [0.15, 0.2) is 35.3 Å². The summed E-state index contributed by atoms with van der Waals surface area (Å²) in [5.74, 6) is 1.51. The van der Waals surface area contributed by atoms with Crippen molar-refractivity contribution in [2.75, 3.05) is 20.2 Å². The molecule has 1 saturated heterocycles. The van der Waals surface area contributed by atoms with Gasteiger partial charge in [0.15, 0.2) is 0 Å². The number of hydrogen-bond donors (Lipinski definition) is 1. The van der Waals surface area contributed by atoms with Gasteiger partial charge in [-0.05, 0) is 56.8 Å². The van der Waals surface area contributed by atoms with Crippen LogP contribution in [-0.2, 0) is 0 Å². The van der Waals surface area contributed by atoms with Gasteiger partial charge in [0.1, 0.15) is 23.6 Å². The fourth-order valence-electron chi connectivity index (χ4n) is 5.62. The minimum Gasteiger partial charge on any atom is -0.508 e. The third-order valence-corrected chi connectivity index (χ3v) is 7.90. The highest BCUT2D eigenvalue weighted by atomic mass is 19.1. The number of fused-ring (bicyclic) bond motifs is 2. The van der Waals surface area contributed by atoms with E-state index in [1.807, 2.05) is 18.9 Å². The number of phenolic OH excluding ortho intramolecular Hbond substituents is 1. The molecule has 2 aromatic heterocycles. The van der Waals surface area contributed by atoms with Crippen LogP contribution in [-0.4, -0.2) is 55.9 Å². The number of unbranched alkanes of at least 4 members (excludes halogenated alkanes) is 2. The van der Waals surface area contributed by atoms with Crippen LogP contribution in [0.1, 0.15) is 78.7 Å². The molecule has 1 unspecified atom stereocenters. The number of phenols is 1. The molecule has 5 rings (SSSR count). The maximum absolute atomic E-state index is 14.8. The summed E-state index contributed by atoms with van der Waals surface area (Å²) in [4.78, 5) is 25.2. The van der Waals surface area contributed by atoms with E-state index in [0.717, 1.165) is 49.8 Å². The second-order valence-electron chi connectivity index (χ2n) is 10.6. The zero-order valence-electron chi connectivity index (χ0n) is 25.7. The molecule has 9 heteroatoms. The van der Waals surface area contributed by atoms with Crippen molar-refractivity contribution >= 4 is 21.7 Å². The smallest absolute Gasteiger partial charge is 0.317 e. The molecule has 1 aliphatic rings. The van der Waals surface area contributed by atoms with Crippen molar-refractivity contribution in [2.24, 2.45) is 0 Å². The fraction of sp³-hybridized carbons (Fsp3) is 0.438. The first-order valence-corrected chi connectivity index (χ1v) is 14.2. The molecule has 0 aliphatic carbocycles. The van der Waals surface area contributed by atoms with Crippen LogP contribution in [0.5, 0.6) is 11.8 Å². The van der Waals surface area contributed by atoms with Gasteiger partial charge in [0, 0.05) is 28.8 Å². The second kappa shape index (κ2) is 12.2. The van der Waals surface area contributed by atoms with Crippen LogP contribution in [0.3, 0.4) is 0 Å². The molecule has 2 aromatic carbocycles. The van der Waals surface area contributed by atoms with E-state index in [9.17, 15) is 14.3 Å². The van der Waals surface area contributed by atoms with Crippen molar-refractivity contribution in [3.05, 3.63) is 57.9 Å². The molecule has 214 valence electrons. The van der Waals surface area contributed by atoms with E-state index in [1.165, 1.54) is 30.5 Å². The van der Waals surface area contributed by atoms with E-state index >= 15 is 0 Å². The van der Waals surface area contributed by atoms with E-state index in [0.29, 0.717) is 22.9 Å². The Morgan fingerprint density at radius 3 is 2.83 bits per heavy atom. The number of halogens is 1. The Balaban J connectivity index is 1.73. The maximum atomic E-state index is 14.8. The van der Waals surface area contributed by atoms with Crippen LogP contribution < -0.4 is 10.3 Å². The van der Waals surface area contributed by atoms with Gasteiger partial charge in [-0.15, -0.1) is 6.42 Å². The first-order chi connectivity index (χ1) is 20.6. The van der Waals surface area contributed by atoms with Crippen LogP contribution in [0.4, 0.5) is 4.39 Å². The quantitative estimate of drug-likeness (QED) is 0.197. The molecule has 0 saturated carbocycles. The Bertz CT molecular complexity index is 1770. The highest BCUT2D eigenvalue weighted by Gasteiger charge is 2.25. The monoisotopic (exact) mass is 559 g/mol. The highest BCUT2D eigenvalue weighted by molar-refractivity contribution is 5.96. The van der Waals surface area contributed by atoms with E-state index in [2.05, 4.69) is 27.9 Å². The molecule has 0 radical (unpaired) electrons. The third kappa shape index (κ3) is 5.62. The first kappa shape index (κ1) is 25.9. The van der Waals surface area contributed by atoms with E-state index in [1.54, 1.807) is 0 Å². The highest BCUT2D eigenvalue weighted by Crippen LogP contribution is 2.33. The van der Waals surface area contributed by atoms with Gasteiger partial charge >= 0.3 is 6.01 Å². The zero-order chi connectivity index (χ0) is 30.9. The number of aromatic nitrogens is 4. The predicted octanol–water partition coefficient (Wildman–Crippen LogP) is 5.70. The summed E-state index contributed by atoms with van der Waals surface area (Å²) in [7, 11) is 1.85. The predicted molar refractivity (Wildman–Crippen MR) is 158 cm³/mol. The first-order valence-electron chi connectivity index (χ1n) is 15.2. The van der Waals surface area contributed by atoms with E-state index in [4.69, 9.17) is 13.9 Å². The molecule has 4 aromatic rings. The molecular weight excluding hydrogens is 521 g/mol. The fourth-order valence-corrected chi connectivity index (χ4v) is 5.62. The van der Waals surface area contributed by atoms with Crippen molar-refractivity contribution in [1.82, 2.24) is 24.6 Å². The van der Waals surface area contributed by atoms with Crippen LogP contribution >= 0.6 is 0 Å².